The minimum atomic E-state index is -0.0506. The first-order valence-electron chi connectivity index (χ1n) is 6.59. The lowest BCUT2D eigenvalue weighted by Gasteiger charge is -2.18. The maximum Gasteiger partial charge on any atom is 0.271 e. The summed E-state index contributed by atoms with van der Waals surface area (Å²) in [5.74, 6) is -0.0618. The van der Waals surface area contributed by atoms with Crippen LogP contribution >= 0.6 is 0 Å². The minimum Gasteiger partial charge on any atom is -0.352 e. The van der Waals surface area contributed by atoms with Gasteiger partial charge in [-0.25, -0.2) is 0 Å². The van der Waals surface area contributed by atoms with Gasteiger partial charge >= 0.3 is 0 Å². The number of carbonyl (C=O) groups excluding carboxylic acids is 1. The predicted octanol–water partition coefficient (Wildman–Crippen LogP) is 1.02. The van der Waals surface area contributed by atoms with Crippen LogP contribution in [0.3, 0.4) is 0 Å². The number of carbonyl (C=O) groups is 1. The van der Waals surface area contributed by atoms with Gasteiger partial charge in [0.15, 0.2) is 0 Å². The molecule has 1 aliphatic heterocycles. The van der Waals surface area contributed by atoms with Gasteiger partial charge < -0.3 is 5.32 Å². The second kappa shape index (κ2) is 5.00. The number of aromatic nitrogens is 2. The zero-order valence-electron chi connectivity index (χ0n) is 11.3. The van der Waals surface area contributed by atoms with E-state index in [9.17, 15) is 9.59 Å². The van der Waals surface area contributed by atoms with Crippen molar-refractivity contribution in [3.8, 4) is 0 Å². The van der Waals surface area contributed by atoms with Gasteiger partial charge in [-0.3, -0.25) is 19.0 Å². The summed E-state index contributed by atoms with van der Waals surface area (Å²) in [6.45, 7) is 7.69. The fourth-order valence-electron chi connectivity index (χ4n) is 2.37. The van der Waals surface area contributed by atoms with Crippen LogP contribution in [0.2, 0.25) is 0 Å². The average molecular weight is 251 g/mol. The van der Waals surface area contributed by atoms with Crippen molar-refractivity contribution in [1.82, 2.24) is 14.7 Å². The van der Waals surface area contributed by atoms with E-state index in [1.165, 1.54) is 0 Å². The van der Waals surface area contributed by atoms with Crippen molar-refractivity contribution in [3.05, 3.63) is 21.6 Å². The molecule has 0 aliphatic carbocycles. The SMILES string of the molecule is Cc1c(CNC(=O)C(C)C)c(=O)n2n1CCCC2. The Labute approximate surface area is 107 Å². The molecule has 0 saturated carbocycles. The highest BCUT2D eigenvalue weighted by Crippen LogP contribution is 2.12. The van der Waals surface area contributed by atoms with Crippen LogP contribution in [0, 0.1) is 12.8 Å². The second-order valence-corrected chi connectivity index (χ2v) is 5.20. The van der Waals surface area contributed by atoms with Crippen LogP contribution in [-0.4, -0.2) is 15.3 Å². The Hall–Kier alpha value is -1.52. The van der Waals surface area contributed by atoms with Crippen LogP contribution in [0.15, 0.2) is 4.79 Å². The second-order valence-electron chi connectivity index (χ2n) is 5.20. The van der Waals surface area contributed by atoms with E-state index in [1.54, 1.807) is 4.68 Å². The summed E-state index contributed by atoms with van der Waals surface area (Å²) in [5, 5.41) is 2.82. The monoisotopic (exact) mass is 251 g/mol. The van der Waals surface area contributed by atoms with Gasteiger partial charge in [-0.1, -0.05) is 13.8 Å². The molecule has 1 aromatic rings. The molecule has 2 rings (SSSR count). The van der Waals surface area contributed by atoms with Crippen LogP contribution in [-0.2, 0) is 24.4 Å². The van der Waals surface area contributed by atoms with E-state index in [4.69, 9.17) is 0 Å². The molecule has 5 heteroatoms. The van der Waals surface area contributed by atoms with E-state index in [0.717, 1.165) is 37.2 Å². The highest BCUT2D eigenvalue weighted by Gasteiger charge is 2.19. The first-order valence-corrected chi connectivity index (χ1v) is 6.59. The Morgan fingerprint density at radius 1 is 1.28 bits per heavy atom. The quantitative estimate of drug-likeness (QED) is 0.872. The molecular formula is C13H21N3O2. The molecule has 1 amide bonds. The Morgan fingerprint density at radius 2 is 1.89 bits per heavy atom. The fraction of sp³-hybridized carbons (Fsp3) is 0.692. The summed E-state index contributed by atoms with van der Waals surface area (Å²) in [4.78, 5) is 23.8. The highest BCUT2D eigenvalue weighted by molar-refractivity contribution is 5.77. The van der Waals surface area contributed by atoms with Gasteiger partial charge in [0.1, 0.15) is 0 Å². The van der Waals surface area contributed by atoms with E-state index in [2.05, 4.69) is 5.32 Å². The van der Waals surface area contributed by atoms with Gasteiger partial charge in [-0.15, -0.1) is 0 Å². The van der Waals surface area contributed by atoms with Crippen molar-refractivity contribution < 1.29 is 4.79 Å². The van der Waals surface area contributed by atoms with Crippen molar-refractivity contribution in [2.24, 2.45) is 5.92 Å². The molecule has 0 fully saturated rings. The lowest BCUT2D eigenvalue weighted by atomic mass is 10.2. The topological polar surface area (TPSA) is 56.0 Å². The third-order valence-electron chi connectivity index (χ3n) is 3.56. The number of nitrogens with zero attached hydrogens (tertiary/aromatic N) is 2. The molecule has 0 radical (unpaired) electrons. The molecule has 100 valence electrons. The third kappa shape index (κ3) is 2.21. The van der Waals surface area contributed by atoms with Crippen LogP contribution in [0.4, 0.5) is 0 Å². The zero-order valence-corrected chi connectivity index (χ0v) is 11.3. The predicted molar refractivity (Wildman–Crippen MR) is 69.3 cm³/mol. The number of hydrogen-bond acceptors (Lipinski definition) is 2. The molecule has 0 bridgehead atoms. The van der Waals surface area contributed by atoms with Crippen molar-refractivity contribution >= 4 is 5.91 Å². The average Bonchev–Trinajstić information content (AvgIpc) is 2.60. The van der Waals surface area contributed by atoms with Gasteiger partial charge in [0.2, 0.25) is 5.91 Å². The van der Waals surface area contributed by atoms with Gasteiger partial charge in [0.25, 0.3) is 5.56 Å². The molecule has 0 saturated heterocycles. The maximum absolute atomic E-state index is 12.2. The molecule has 0 aromatic carbocycles. The molecular weight excluding hydrogens is 230 g/mol. The highest BCUT2D eigenvalue weighted by atomic mass is 16.2. The van der Waals surface area contributed by atoms with Crippen LogP contribution < -0.4 is 10.9 Å². The molecule has 1 aliphatic rings. The van der Waals surface area contributed by atoms with Crippen molar-refractivity contribution in [3.63, 3.8) is 0 Å². The fourth-order valence-corrected chi connectivity index (χ4v) is 2.37. The van der Waals surface area contributed by atoms with Crippen LogP contribution in [0.5, 0.6) is 0 Å². The standard InChI is InChI=1S/C13H21N3O2/c1-9(2)12(17)14-8-11-10(3)15-6-4-5-7-16(15)13(11)18/h9H,4-8H2,1-3H3,(H,14,17). The van der Waals surface area contributed by atoms with Crippen LogP contribution in [0.1, 0.15) is 37.9 Å². The number of amides is 1. The zero-order chi connectivity index (χ0) is 13.3. The summed E-state index contributed by atoms with van der Waals surface area (Å²) in [6, 6.07) is 0. The number of rotatable bonds is 3. The molecule has 2 heterocycles. The summed E-state index contributed by atoms with van der Waals surface area (Å²) >= 11 is 0. The largest absolute Gasteiger partial charge is 0.352 e. The van der Waals surface area contributed by atoms with Gasteiger partial charge in [0.05, 0.1) is 12.1 Å². The van der Waals surface area contributed by atoms with Crippen molar-refractivity contribution in [2.45, 2.75) is 53.2 Å². The molecule has 1 aromatic heterocycles. The van der Waals surface area contributed by atoms with E-state index in [1.807, 2.05) is 25.5 Å². The molecule has 0 unspecified atom stereocenters. The summed E-state index contributed by atoms with van der Waals surface area (Å²) in [5.41, 5.74) is 1.77. The minimum absolute atomic E-state index is 0.0111. The molecule has 5 nitrogen and oxygen atoms in total. The molecule has 0 spiro atoms. The molecule has 18 heavy (non-hydrogen) atoms. The molecule has 1 N–H and O–H groups in total. The van der Waals surface area contributed by atoms with Crippen molar-refractivity contribution in [2.75, 3.05) is 0 Å². The summed E-state index contributed by atoms with van der Waals surface area (Å²) in [7, 11) is 0. The number of hydrogen-bond donors (Lipinski definition) is 1. The third-order valence-corrected chi connectivity index (χ3v) is 3.56. The summed E-state index contributed by atoms with van der Waals surface area (Å²) < 4.78 is 3.85. The lowest BCUT2D eigenvalue weighted by molar-refractivity contribution is -0.124. The maximum atomic E-state index is 12.2. The van der Waals surface area contributed by atoms with E-state index in [-0.39, 0.29) is 17.4 Å². The van der Waals surface area contributed by atoms with E-state index in [0.29, 0.717) is 6.54 Å². The Morgan fingerprint density at radius 3 is 2.44 bits per heavy atom. The first-order chi connectivity index (χ1) is 8.52. The van der Waals surface area contributed by atoms with Crippen LogP contribution in [0.25, 0.3) is 0 Å². The molecule has 0 atom stereocenters. The van der Waals surface area contributed by atoms with E-state index < -0.39 is 0 Å². The Kier molecular flexibility index (Phi) is 3.59. The van der Waals surface area contributed by atoms with Gasteiger partial charge in [-0.2, -0.15) is 0 Å². The Balaban J connectivity index is 2.21. The van der Waals surface area contributed by atoms with Gasteiger partial charge in [0, 0.05) is 24.7 Å². The van der Waals surface area contributed by atoms with Crippen molar-refractivity contribution in [1.29, 1.82) is 0 Å². The van der Waals surface area contributed by atoms with E-state index >= 15 is 0 Å². The summed E-state index contributed by atoms with van der Waals surface area (Å²) in [6.07, 6.45) is 2.17. The van der Waals surface area contributed by atoms with Gasteiger partial charge in [-0.05, 0) is 19.8 Å². The number of fused-ring (bicyclic) bond motifs is 1. The smallest absolute Gasteiger partial charge is 0.271 e. The normalized spacial score (nSPS) is 14.7. The Bertz CT molecular complexity index is 511. The first kappa shape index (κ1) is 12.9. The lowest BCUT2D eigenvalue weighted by Crippen LogP contribution is -2.31. The number of nitrogens with one attached hydrogen (secondary N) is 1.